The Morgan fingerprint density at radius 1 is 1.38 bits per heavy atom. The lowest BCUT2D eigenvalue weighted by Crippen LogP contribution is -2.49. The molecule has 0 bridgehead atoms. The van der Waals surface area contributed by atoms with Gasteiger partial charge in [-0.3, -0.25) is 9.69 Å². The second-order valence-electron chi connectivity index (χ2n) is 6.12. The van der Waals surface area contributed by atoms with E-state index in [1.807, 2.05) is 36.1 Å². The molecular weight excluding hydrogens is 306 g/mol. The molecule has 0 spiro atoms. The number of hydrogen-bond donors (Lipinski definition) is 0. The normalized spacial score (nSPS) is 18.6. The minimum atomic E-state index is 0.0656. The van der Waals surface area contributed by atoms with Crippen molar-refractivity contribution >= 4 is 5.91 Å². The highest BCUT2D eigenvalue weighted by Crippen LogP contribution is 2.33. The molecule has 1 fully saturated rings. The third-order valence-corrected chi connectivity index (χ3v) is 4.48. The molecule has 1 amide bonds. The first-order chi connectivity index (χ1) is 11.6. The minimum absolute atomic E-state index is 0.0656. The van der Waals surface area contributed by atoms with Crippen molar-refractivity contribution in [3.63, 3.8) is 0 Å². The summed E-state index contributed by atoms with van der Waals surface area (Å²) in [5, 5.41) is 4.11. The maximum atomic E-state index is 11.8. The molecule has 0 saturated carbocycles. The second kappa shape index (κ2) is 7.05. The van der Waals surface area contributed by atoms with E-state index in [1.165, 1.54) is 0 Å². The van der Waals surface area contributed by atoms with E-state index >= 15 is 0 Å². The van der Waals surface area contributed by atoms with Gasteiger partial charge in [0.15, 0.2) is 0 Å². The summed E-state index contributed by atoms with van der Waals surface area (Å²) < 4.78 is 10.7. The van der Waals surface area contributed by atoms with Gasteiger partial charge in [0.2, 0.25) is 5.91 Å². The Labute approximate surface area is 142 Å². The molecular formula is C18H23N3O3. The summed E-state index contributed by atoms with van der Waals surface area (Å²) in [5.41, 5.74) is 2.00. The Kier molecular flexibility index (Phi) is 4.85. The molecule has 24 heavy (non-hydrogen) atoms. The quantitative estimate of drug-likeness (QED) is 0.862. The second-order valence-corrected chi connectivity index (χ2v) is 6.12. The maximum absolute atomic E-state index is 11.8. The first-order valence-electron chi connectivity index (χ1n) is 8.13. The van der Waals surface area contributed by atoms with Crippen LogP contribution in [-0.4, -0.2) is 47.6 Å². The lowest BCUT2D eigenvalue weighted by Gasteiger charge is -2.41. The molecule has 1 aliphatic heterocycles. The van der Waals surface area contributed by atoms with Crippen LogP contribution in [0.1, 0.15) is 30.0 Å². The lowest BCUT2D eigenvalue weighted by atomic mass is 10.0. The molecule has 3 rings (SSSR count). The van der Waals surface area contributed by atoms with E-state index in [0.717, 1.165) is 35.9 Å². The van der Waals surface area contributed by atoms with Crippen molar-refractivity contribution in [3.8, 4) is 5.75 Å². The third-order valence-electron chi connectivity index (χ3n) is 4.48. The van der Waals surface area contributed by atoms with Crippen LogP contribution in [0.4, 0.5) is 0 Å². The van der Waals surface area contributed by atoms with Crippen molar-refractivity contribution in [1.29, 1.82) is 0 Å². The number of ether oxygens (including phenoxy) is 1. The number of hydrogen-bond acceptors (Lipinski definition) is 5. The number of carbonyl (C=O) groups is 1. The fourth-order valence-electron chi connectivity index (χ4n) is 3.23. The number of rotatable bonds is 4. The van der Waals surface area contributed by atoms with Gasteiger partial charge in [0.1, 0.15) is 11.5 Å². The van der Waals surface area contributed by atoms with Crippen LogP contribution in [0.3, 0.4) is 0 Å². The Bertz CT molecular complexity index is 713. The minimum Gasteiger partial charge on any atom is -0.496 e. The molecule has 0 unspecified atom stereocenters. The molecule has 1 atom stereocenters. The van der Waals surface area contributed by atoms with E-state index in [1.54, 1.807) is 14.0 Å². The number of aromatic nitrogens is 1. The van der Waals surface area contributed by atoms with Gasteiger partial charge in [0.05, 0.1) is 18.8 Å². The molecule has 0 N–H and O–H groups in total. The molecule has 6 heteroatoms. The third kappa shape index (κ3) is 3.43. The zero-order valence-corrected chi connectivity index (χ0v) is 14.4. The topological polar surface area (TPSA) is 58.8 Å². The summed E-state index contributed by atoms with van der Waals surface area (Å²) >= 11 is 0. The molecule has 128 valence electrons. The predicted molar refractivity (Wildman–Crippen MR) is 89.6 cm³/mol. The van der Waals surface area contributed by atoms with Crippen molar-refractivity contribution in [3.05, 3.63) is 47.3 Å². The van der Waals surface area contributed by atoms with E-state index in [9.17, 15) is 4.79 Å². The summed E-state index contributed by atoms with van der Waals surface area (Å²) in [4.78, 5) is 16.1. The summed E-state index contributed by atoms with van der Waals surface area (Å²) in [6.07, 6.45) is 0. The molecule has 1 aliphatic rings. The summed E-state index contributed by atoms with van der Waals surface area (Å²) in [6, 6.07) is 10.0. The number of nitrogens with zero attached hydrogens (tertiary/aromatic N) is 3. The smallest absolute Gasteiger partial charge is 0.219 e. The Morgan fingerprint density at radius 2 is 2.17 bits per heavy atom. The van der Waals surface area contributed by atoms with Crippen molar-refractivity contribution in [1.82, 2.24) is 15.0 Å². The zero-order valence-electron chi connectivity index (χ0n) is 14.4. The van der Waals surface area contributed by atoms with Gasteiger partial charge in [-0.2, -0.15) is 0 Å². The van der Waals surface area contributed by atoms with Gasteiger partial charge >= 0.3 is 0 Å². The summed E-state index contributed by atoms with van der Waals surface area (Å²) in [5.74, 6) is 1.75. The van der Waals surface area contributed by atoms with E-state index in [2.05, 4.69) is 16.1 Å². The molecule has 1 aromatic carbocycles. The van der Waals surface area contributed by atoms with Gasteiger partial charge in [-0.05, 0) is 13.0 Å². The van der Waals surface area contributed by atoms with Gasteiger partial charge in [-0.25, -0.2) is 0 Å². The van der Waals surface area contributed by atoms with Crippen molar-refractivity contribution in [2.45, 2.75) is 26.4 Å². The first-order valence-corrected chi connectivity index (χ1v) is 8.13. The molecule has 6 nitrogen and oxygen atoms in total. The number of methoxy groups -OCH3 is 1. The zero-order chi connectivity index (χ0) is 17.1. The maximum Gasteiger partial charge on any atom is 0.219 e. The molecule has 0 radical (unpaired) electrons. The summed E-state index contributed by atoms with van der Waals surface area (Å²) in [6.45, 7) is 6.35. The summed E-state index contributed by atoms with van der Waals surface area (Å²) in [7, 11) is 1.68. The Morgan fingerprint density at radius 3 is 2.83 bits per heavy atom. The fourth-order valence-corrected chi connectivity index (χ4v) is 3.23. The van der Waals surface area contributed by atoms with E-state index < -0.39 is 0 Å². The van der Waals surface area contributed by atoms with Gasteiger partial charge in [-0.1, -0.05) is 23.4 Å². The average molecular weight is 329 g/mol. The van der Waals surface area contributed by atoms with Crippen LogP contribution in [0, 0.1) is 6.92 Å². The van der Waals surface area contributed by atoms with Crippen LogP contribution in [0.15, 0.2) is 34.9 Å². The highest BCUT2D eigenvalue weighted by Gasteiger charge is 2.31. The van der Waals surface area contributed by atoms with Gasteiger partial charge in [0.25, 0.3) is 0 Å². The average Bonchev–Trinajstić information content (AvgIpc) is 3.00. The largest absolute Gasteiger partial charge is 0.496 e. The van der Waals surface area contributed by atoms with Crippen LogP contribution in [0.25, 0.3) is 0 Å². The van der Waals surface area contributed by atoms with Gasteiger partial charge in [0, 0.05) is 44.7 Å². The van der Waals surface area contributed by atoms with Crippen molar-refractivity contribution in [2.24, 2.45) is 0 Å². The van der Waals surface area contributed by atoms with Crippen LogP contribution in [-0.2, 0) is 11.3 Å². The number of amides is 1. The van der Waals surface area contributed by atoms with Crippen LogP contribution >= 0.6 is 0 Å². The van der Waals surface area contributed by atoms with E-state index in [4.69, 9.17) is 9.26 Å². The van der Waals surface area contributed by atoms with E-state index in [-0.39, 0.29) is 11.9 Å². The van der Waals surface area contributed by atoms with Gasteiger partial charge in [-0.15, -0.1) is 0 Å². The Hall–Kier alpha value is -2.34. The number of aryl methyl sites for hydroxylation is 1. The number of piperazine rings is 1. The highest BCUT2D eigenvalue weighted by atomic mass is 16.5. The molecule has 1 saturated heterocycles. The van der Waals surface area contributed by atoms with Crippen molar-refractivity contribution in [2.75, 3.05) is 26.7 Å². The standard InChI is InChI=1S/C18H23N3O3/c1-13-10-15(19-24-13)11-21-9-8-20(14(2)22)12-17(21)16-6-4-5-7-18(16)23-3/h4-7,10,17H,8-9,11-12H2,1-3H3/t17-/m1/s1. The number of benzene rings is 1. The molecule has 0 aliphatic carbocycles. The molecule has 1 aromatic heterocycles. The number of para-hydroxylation sites is 1. The van der Waals surface area contributed by atoms with E-state index in [0.29, 0.717) is 13.1 Å². The fraction of sp³-hybridized carbons (Fsp3) is 0.444. The molecule has 2 heterocycles. The van der Waals surface area contributed by atoms with Crippen LogP contribution < -0.4 is 4.74 Å². The van der Waals surface area contributed by atoms with Crippen LogP contribution in [0.2, 0.25) is 0 Å². The van der Waals surface area contributed by atoms with Crippen LogP contribution in [0.5, 0.6) is 5.75 Å². The highest BCUT2D eigenvalue weighted by molar-refractivity contribution is 5.73. The SMILES string of the molecule is COc1ccccc1[C@H]1CN(C(C)=O)CCN1Cc1cc(C)on1. The predicted octanol–water partition coefficient (Wildman–Crippen LogP) is 2.40. The van der Waals surface area contributed by atoms with Crippen molar-refractivity contribution < 1.29 is 14.1 Å². The monoisotopic (exact) mass is 329 g/mol. The van der Waals surface area contributed by atoms with Gasteiger partial charge < -0.3 is 14.2 Å². The lowest BCUT2D eigenvalue weighted by molar-refractivity contribution is -0.132. The first kappa shape index (κ1) is 16.5. The molecule has 2 aromatic rings. The Balaban J connectivity index is 1.89. The number of carbonyl (C=O) groups excluding carboxylic acids is 1.